The number of hydrogen-bond acceptors (Lipinski definition) is 6. The van der Waals surface area contributed by atoms with Crippen molar-refractivity contribution in [2.75, 3.05) is 0 Å². The summed E-state index contributed by atoms with van der Waals surface area (Å²) < 4.78 is 0. The second kappa shape index (κ2) is 137. The van der Waals surface area contributed by atoms with Crippen LogP contribution in [0.3, 0.4) is 0 Å². The van der Waals surface area contributed by atoms with Gasteiger partial charge in [-0.1, -0.05) is 0 Å². The summed E-state index contributed by atoms with van der Waals surface area (Å²) in [5, 5.41) is 31.2. The summed E-state index contributed by atoms with van der Waals surface area (Å²) in [4.78, 5) is 7.25. The van der Waals surface area contributed by atoms with Crippen molar-refractivity contribution in [3.8, 4) is 0 Å². The summed E-state index contributed by atoms with van der Waals surface area (Å²) in [6.45, 7) is 23.8. The van der Waals surface area contributed by atoms with Crippen molar-refractivity contribution in [2.24, 2.45) is 0 Å². The maximum absolute atomic E-state index is 7.25. The molecule has 0 aliphatic carbocycles. The first kappa shape index (κ1) is 73.8. The van der Waals surface area contributed by atoms with Gasteiger partial charge in [0.15, 0.2) is 0 Å². The van der Waals surface area contributed by atoms with Crippen LogP contribution < -0.4 is 0 Å². The first-order valence-electron chi connectivity index (χ1n) is 1.30. The van der Waals surface area contributed by atoms with Crippen molar-refractivity contribution < 1.29 is 19.8 Å². The van der Waals surface area contributed by atoms with Crippen LogP contribution in [0.15, 0.2) is 0 Å². The summed E-state index contributed by atoms with van der Waals surface area (Å²) in [5.41, 5.74) is 5.75. The second-order valence-electron chi connectivity index (χ2n) is 0. The van der Waals surface area contributed by atoms with E-state index in [9.17, 15) is 0 Å². The van der Waals surface area contributed by atoms with E-state index in [0.717, 1.165) is 0 Å². The molecular weight excluding hydrogens is 350 g/mol. The Hall–Kier alpha value is -2.31. The minimum atomic E-state index is 0. The van der Waals surface area contributed by atoms with E-state index >= 15 is 0 Å². The standard InChI is InChI=1S/5CN.NO.Os/c6*1-2;/q6*-1;+4. The molecule has 0 heterocycles. The van der Waals surface area contributed by atoms with Crippen LogP contribution in [-0.4, -0.2) is 0 Å². The van der Waals surface area contributed by atoms with Crippen LogP contribution in [0.25, 0.3) is 5.59 Å². The predicted octanol–water partition coefficient (Wildman–Crippen LogP) is 0.802. The van der Waals surface area contributed by atoms with E-state index in [0.29, 0.717) is 0 Å². The molecule has 0 aromatic heterocycles. The van der Waals surface area contributed by atoms with Gasteiger partial charge in [-0.25, -0.2) is 0 Å². The largest absolute Gasteiger partial charge is 4.00 e. The minimum Gasteiger partial charge on any atom is -0.577 e. The van der Waals surface area contributed by atoms with Gasteiger partial charge >= 0.3 is 19.8 Å². The van der Waals surface area contributed by atoms with Crippen molar-refractivity contribution >= 4 is 0 Å². The van der Waals surface area contributed by atoms with E-state index in [4.69, 9.17) is 69.7 Å². The SMILES string of the molecule is [C-]#N.[C-]#N.[C-]#N.[C-]#N.[C-]#N.[N-]=O.[Os+4]. The van der Waals surface area contributed by atoms with E-state index in [1.54, 1.807) is 0 Å². The Bertz CT molecular complexity index is 90.4. The molecule has 0 rings (SSSR count). The smallest absolute Gasteiger partial charge is 0.577 e. The van der Waals surface area contributed by atoms with Gasteiger partial charge in [-0.3, -0.25) is 0 Å². The third kappa shape index (κ3) is 107. The van der Waals surface area contributed by atoms with Gasteiger partial charge in [-0.05, 0) is 0 Å². The molecule has 0 aliphatic heterocycles. The van der Waals surface area contributed by atoms with Crippen molar-refractivity contribution in [1.82, 2.24) is 0 Å². The number of hydrogen-bond donors (Lipinski definition) is 0. The van der Waals surface area contributed by atoms with Crippen LogP contribution >= 0.6 is 0 Å². The van der Waals surface area contributed by atoms with Crippen molar-refractivity contribution in [1.29, 1.82) is 26.3 Å². The monoisotopic (exact) mass is 352 g/mol. The van der Waals surface area contributed by atoms with E-state index in [2.05, 4.69) is 0 Å². The zero-order chi connectivity index (χ0) is 12.0. The molecule has 0 saturated heterocycles. The molecule has 0 unspecified atom stereocenters. The van der Waals surface area contributed by atoms with Crippen LogP contribution in [0.2, 0.25) is 0 Å². The maximum Gasteiger partial charge on any atom is 4.00 e. The van der Waals surface area contributed by atoms with Crippen molar-refractivity contribution in [3.05, 3.63) is 43.4 Å². The third-order valence-corrected chi connectivity index (χ3v) is 0. The van der Waals surface area contributed by atoms with Gasteiger partial charge in [0.05, 0.1) is 0 Å². The van der Waals surface area contributed by atoms with E-state index in [-0.39, 0.29) is 19.8 Å². The Labute approximate surface area is 89.9 Å². The quantitative estimate of drug-likeness (QED) is 0.587. The van der Waals surface area contributed by atoms with Gasteiger partial charge in [-0.15, -0.1) is 0 Å². The van der Waals surface area contributed by atoms with Gasteiger partial charge in [-0.2, -0.15) is 0 Å². The zero-order valence-electron chi connectivity index (χ0n) is 5.95. The fourth-order valence-electron chi connectivity index (χ4n) is 0. The summed E-state index contributed by atoms with van der Waals surface area (Å²) in [6, 6.07) is 0. The summed E-state index contributed by atoms with van der Waals surface area (Å²) in [6.07, 6.45) is 0. The molecule has 8 heteroatoms. The van der Waals surface area contributed by atoms with Crippen LogP contribution in [0, 0.1) is 64.1 Å². The summed E-state index contributed by atoms with van der Waals surface area (Å²) in [5.74, 6) is 0. The first-order chi connectivity index (χ1) is 6.00. The molecule has 0 saturated carbocycles. The fourth-order valence-corrected chi connectivity index (χ4v) is 0. The number of rotatable bonds is 0. The van der Waals surface area contributed by atoms with Crippen LogP contribution in [0.1, 0.15) is 0 Å². The van der Waals surface area contributed by atoms with Crippen LogP contribution in [0.5, 0.6) is 0 Å². The van der Waals surface area contributed by atoms with Crippen LogP contribution in [0.4, 0.5) is 0 Å². The van der Waals surface area contributed by atoms with Crippen LogP contribution in [-0.2, 0) is 19.8 Å². The van der Waals surface area contributed by atoms with Gasteiger partial charge in [0.1, 0.15) is 0 Å². The molecule has 13 heavy (non-hydrogen) atoms. The molecular formula is C5N6OOs-2. The first-order valence-corrected chi connectivity index (χ1v) is 1.30. The van der Waals surface area contributed by atoms with E-state index < -0.39 is 0 Å². The number of nitroso groups, excluding NO2 is 1. The third-order valence-electron chi connectivity index (χ3n) is 0. The molecule has 0 aliphatic rings. The molecule has 66 valence electrons. The molecule has 0 fully saturated rings. The van der Waals surface area contributed by atoms with E-state index in [1.165, 1.54) is 0 Å². The molecule has 0 spiro atoms. The normalized spacial score (nSPS) is 1.08. The molecule has 0 radical (unpaired) electrons. The average molecular weight is 350 g/mol. The minimum absolute atomic E-state index is 0. The molecule has 0 bridgehead atoms. The van der Waals surface area contributed by atoms with Gasteiger partial charge in [0, 0.05) is 0 Å². The molecule has 0 atom stereocenters. The van der Waals surface area contributed by atoms with E-state index in [1.807, 2.05) is 0 Å². The van der Waals surface area contributed by atoms with Crippen molar-refractivity contribution in [3.63, 3.8) is 0 Å². The van der Waals surface area contributed by atoms with Crippen molar-refractivity contribution in [2.45, 2.75) is 0 Å². The fraction of sp³-hybridized carbons (Fsp3) is 0. The van der Waals surface area contributed by atoms with Gasteiger partial charge < -0.3 is 69.7 Å². The molecule has 7 nitrogen and oxygen atoms in total. The molecule has 0 aromatic rings. The zero-order valence-corrected chi connectivity index (χ0v) is 8.49. The Morgan fingerprint density at radius 3 is 0.538 bits per heavy atom. The average Bonchev–Trinajstić information content (AvgIpc) is 2.33. The molecule has 0 amide bonds. The summed E-state index contributed by atoms with van der Waals surface area (Å²) >= 11 is 0. The Kier molecular flexibility index (Phi) is 775. The summed E-state index contributed by atoms with van der Waals surface area (Å²) in [7, 11) is 0. The number of nitrogens with zero attached hydrogens (tertiary/aromatic N) is 6. The Morgan fingerprint density at radius 1 is 0.538 bits per heavy atom. The van der Waals surface area contributed by atoms with Gasteiger partial charge in [0.2, 0.25) is 0 Å². The molecule has 0 N–H and O–H groups in total. The molecule has 0 aromatic carbocycles. The Morgan fingerprint density at radius 2 is 0.538 bits per heavy atom. The predicted molar refractivity (Wildman–Crippen MR) is 31.6 cm³/mol. The van der Waals surface area contributed by atoms with Gasteiger partial charge in [0.25, 0.3) is 0 Å². The maximum atomic E-state index is 7.25. The second-order valence-corrected chi connectivity index (χ2v) is 0. The Balaban J connectivity index is -0.00000000655. The topological polar surface area (TPSA) is 158 Å².